The van der Waals surface area contributed by atoms with Gasteiger partial charge < -0.3 is 20.1 Å². The van der Waals surface area contributed by atoms with Gasteiger partial charge in [-0.1, -0.05) is 24.3 Å². The second kappa shape index (κ2) is 10.0. The van der Waals surface area contributed by atoms with Crippen LogP contribution in [0.1, 0.15) is 18.0 Å². The normalized spacial score (nSPS) is 15.7. The minimum Gasteiger partial charge on any atom is -0.457 e. The molecular weight excluding hydrogens is 460 g/mol. The van der Waals surface area contributed by atoms with Gasteiger partial charge in [-0.3, -0.25) is 9.59 Å². The van der Waals surface area contributed by atoms with Crippen molar-refractivity contribution < 1.29 is 14.3 Å². The van der Waals surface area contributed by atoms with Crippen molar-refractivity contribution in [3.05, 3.63) is 82.8 Å². The monoisotopic (exact) mass is 486 g/mol. The summed E-state index contributed by atoms with van der Waals surface area (Å²) in [4.78, 5) is 27.1. The number of benzene rings is 2. The third-order valence-corrected chi connectivity index (χ3v) is 6.13. The lowest BCUT2D eigenvalue weighted by atomic mass is 10.0. The van der Waals surface area contributed by atoms with Crippen LogP contribution in [0.4, 0.5) is 5.82 Å². The highest BCUT2D eigenvalue weighted by molar-refractivity contribution is 5.91. The van der Waals surface area contributed by atoms with Crippen molar-refractivity contribution in [3.63, 3.8) is 0 Å². The van der Waals surface area contributed by atoms with Crippen LogP contribution in [0.3, 0.4) is 0 Å². The van der Waals surface area contributed by atoms with E-state index in [9.17, 15) is 9.59 Å². The van der Waals surface area contributed by atoms with Crippen LogP contribution >= 0.6 is 0 Å². The molecule has 3 N–H and O–H groups in total. The third-order valence-electron chi connectivity index (χ3n) is 6.13. The number of para-hydroxylation sites is 1. The Morgan fingerprint density at radius 1 is 1.17 bits per heavy atom. The fourth-order valence-corrected chi connectivity index (χ4v) is 4.40. The molecule has 1 atom stereocenters. The van der Waals surface area contributed by atoms with Gasteiger partial charge in [-0.25, -0.2) is 9.78 Å². The number of anilines is 1. The lowest BCUT2D eigenvalue weighted by Gasteiger charge is -2.13. The van der Waals surface area contributed by atoms with E-state index in [1.165, 1.54) is 6.08 Å². The first-order valence-electron chi connectivity index (χ1n) is 11.6. The van der Waals surface area contributed by atoms with Crippen LogP contribution in [-0.4, -0.2) is 57.6 Å². The molecule has 36 heavy (non-hydrogen) atoms. The molecule has 0 saturated carbocycles. The molecule has 0 bridgehead atoms. The number of aromatic nitrogens is 4. The summed E-state index contributed by atoms with van der Waals surface area (Å²) in [6, 6.07) is 16.8. The number of nitrogens with zero attached hydrogens (tertiary/aromatic N) is 4. The number of nitrogens with two attached hydrogens (primary N) is 1. The number of carbonyl (C=O) groups excluding carboxylic acids is 1. The lowest BCUT2D eigenvalue weighted by Crippen LogP contribution is -2.26. The molecule has 1 saturated heterocycles. The maximum Gasteiger partial charge on any atom is 0.275 e. The Hall–Kier alpha value is -4.44. The number of ether oxygens (including phenoxy) is 2. The minimum atomic E-state index is -0.366. The first kappa shape index (κ1) is 23.3. The lowest BCUT2D eigenvalue weighted by molar-refractivity contribution is -0.125. The van der Waals surface area contributed by atoms with Gasteiger partial charge in [0, 0.05) is 32.2 Å². The summed E-state index contributed by atoms with van der Waals surface area (Å²) in [5.41, 5.74) is 7.58. The van der Waals surface area contributed by atoms with E-state index in [1.54, 1.807) is 22.8 Å². The van der Waals surface area contributed by atoms with E-state index in [-0.39, 0.29) is 23.2 Å². The van der Waals surface area contributed by atoms with E-state index in [0.717, 1.165) is 5.75 Å². The number of methoxy groups -OCH3 is 1. The van der Waals surface area contributed by atoms with Crippen molar-refractivity contribution in [2.24, 2.45) is 0 Å². The summed E-state index contributed by atoms with van der Waals surface area (Å²) < 4.78 is 12.5. The summed E-state index contributed by atoms with van der Waals surface area (Å²) in [6.45, 7) is 1.39. The number of likely N-dealkylation sites (tertiary alicyclic amines) is 1. The number of carbonyl (C=O) groups is 1. The van der Waals surface area contributed by atoms with Crippen molar-refractivity contribution in [2.45, 2.75) is 12.3 Å². The number of nitrogens with one attached hydrogen (secondary N) is 1. The molecule has 1 amide bonds. The van der Waals surface area contributed by atoms with Gasteiger partial charge in [-0.05, 0) is 42.8 Å². The van der Waals surface area contributed by atoms with Crippen LogP contribution in [0, 0.1) is 0 Å². The van der Waals surface area contributed by atoms with E-state index >= 15 is 0 Å². The fourth-order valence-electron chi connectivity index (χ4n) is 4.40. The molecule has 2 aromatic carbocycles. The molecule has 2 aromatic heterocycles. The van der Waals surface area contributed by atoms with Gasteiger partial charge in [0.25, 0.3) is 5.56 Å². The number of rotatable bonds is 7. The maximum absolute atomic E-state index is 12.8. The predicted octanol–water partition coefficient (Wildman–Crippen LogP) is 3.00. The van der Waals surface area contributed by atoms with Gasteiger partial charge in [-0.2, -0.15) is 10.2 Å². The summed E-state index contributed by atoms with van der Waals surface area (Å²) in [6.07, 6.45) is 3.87. The zero-order valence-electron chi connectivity index (χ0n) is 19.8. The van der Waals surface area contributed by atoms with E-state index in [1.807, 2.05) is 54.6 Å². The van der Waals surface area contributed by atoms with Gasteiger partial charge in [0.15, 0.2) is 5.82 Å². The molecule has 1 aliphatic rings. The molecule has 5 rings (SSSR count). The van der Waals surface area contributed by atoms with Gasteiger partial charge in [0.1, 0.15) is 17.0 Å². The second-order valence-corrected chi connectivity index (χ2v) is 8.50. The molecule has 184 valence electrons. The molecule has 0 radical (unpaired) electrons. The largest absolute Gasteiger partial charge is 0.457 e. The summed E-state index contributed by atoms with van der Waals surface area (Å²) in [5, 5.41) is 11.6. The Morgan fingerprint density at radius 2 is 1.92 bits per heavy atom. The van der Waals surface area contributed by atoms with Gasteiger partial charge in [0.2, 0.25) is 5.91 Å². The highest BCUT2D eigenvalue weighted by Gasteiger charge is 2.32. The van der Waals surface area contributed by atoms with E-state index < -0.39 is 0 Å². The Labute approximate surface area is 206 Å². The van der Waals surface area contributed by atoms with Crippen LogP contribution < -0.4 is 16.0 Å². The molecule has 0 spiro atoms. The topological polar surface area (TPSA) is 128 Å². The number of aromatic amines is 1. The SMILES string of the molecule is COC/C=C/C(=O)N1CC[C@H](c2nn(-c3ccc(Oc4ccccc4)cc3)c3c(N)n[nH]c(=O)c23)C1. The highest BCUT2D eigenvalue weighted by Crippen LogP contribution is 2.33. The van der Waals surface area contributed by atoms with Crippen molar-refractivity contribution in [2.75, 3.05) is 32.5 Å². The average Bonchev–Trinajstić information content (AvgIpc) is 3.54. The van der Waals surface area contributed by atoms with Gasteiger partial charge in [-0.15, -0.1) is 0 Å². The van der Waals surface area contributed by atoms with Crippen molar-refractivity contribution >= 4 is 22.6 Å². The number of fused-ring (bicyclic) bond motifs is 1. The maximum atomic E-state index is 12.8. The quantitative estimate of drug-likeness (QED) is 0.384. The number of nitrogen functional groups attached to an aromatic ring is 1. The van der Waals surface area contributed by atoms with Crippen LogP contribution in [0.15, 0.2) is 71.5 Å². The zero-order valence-corrected chi connectivity index (χ0v) is 19.8. The number of hydrogen-bond acceptors (Lipinski definition) is 7. The first-order chi connectivity index (χ1) is 17.5. The Balaban J connectivity index is 1.47. The second-order valence-electron chi connectivity index (χ2n) is 8.50. The standard InChI is InChI=1S/C26H26N6O4/c1-35-15-5-8-21(33)31-14-13-17(16-31)23-22-24(25(27)28-29-26(22)34)32(30-23)18-9-11-20(12-10-18)36-19-6-3-2-4-7-19/h2-12,17H,13-16H2,1H3,(H2,27,28)(H,29,34)/b8-5+/t17-/m0/s1. The molecule has 4 aromatic rings. The third kappa shape index (κ3) is 4.58. The van der Waals surface area contributed by atoms with Crippen molar-refractivity contribution in [1.82, 2.24) is 24.9 Å². The van der Waals surface area contributed by atoms with Crippen LogP contribution in [-0.2, 0) is 9.53 Å². The Bertz CT molecular complexity index is 1460. The summed E-state index contributed by atoms with van der Waals surface area (Å²) >= 11 is 0. The molecule has 10 heteroatoms. The smallest absolute Gasteiger partial charge is 0.275 e. The molecule has 1 aliphatic heterocycles. The molecule has 3 heterocycles. The molecule has 10 nitrogen and oxygen atoms in total. The van der Waals surface area contributed by atoms with Crippen LogP contribution in [0.2, 0.25) is 0 Å². The Morgan fingerprint density at radius 3 is 2.67 bits per heavy atom. The minimum absolute atomic E-state index is 0.0950. The summed E-state index contributed by atoms with van der Waals surface area (Å²) in [5.74, 6) is 1.35. The number of H-pyrrole nitrogens is 1. The van der Waals surface area contributed by atoms with E-state index in [2.05, 4.69) is 10.2 Å². The van der Waals surface area contributed by atoms with E-state index in [4.69, 9.17) is 20.3 Å². The van der Waals surface area contributed by atoms with Gasteiger partial charge >= 0.3 is 0 Å². The highest BCUT2D eigenvalue weighted by atomic mass is 16.5. The summed E-state index contributed by atoms with van der Waals surface area (Å²) in [7, 11) is 1.57. The molecule has 1 fully saturated rings. The van der Waals surface area contributed by atoms with Crippen LogP contribution in [0.5, 0.6) is 11.5 Å². The van der Waals surface area contributed by atoms with Crippen molar-refractivity contribution in [3.8, 4) is 17.2 Å². The molecular formula is C26H26N6O4. The number of hydrogen-bond donors (Lipinski definition) is 2. The Kier molecular flexibility index (Phi) is 6.50. The molecule has 0 aliphatic carbocycles. The van der Waals surface area contributed by atoms with Crippen molar-refractivity contribution in [1.29, 1.82) is 0 Å². The first-order valence-corrected chi connectivity index (χ1v) is 11.6. The average molecular weight is 487 g/mol. The van der Waals surface area contributed by atoms with Crippen LogP contribution in [0.25, 0.3) is 16.6 Å². The molecule has 0 unspecified atom stereocenters. The fraction of sp³-hybridized carbons (Fsp3) is 0.231. The number of amides is 1. The predicted molar refractivity (Wildman–Crippen MR) is 135 cm³/mol. The van der Waals surface area contributed by atoms with Gasteiger partial charge in [0.05, 0.1) is 23.4 Å². The van der Waals surface area contributed by atoms with E-state index in [0.29, 0.717) is 54.2 Å². The zero-order chi connectivity index (χ0) is 25.1.